The molecule has 1 atom stereocenters. The van der Waals surface area contributed by atoms with E-state index in [0.29, 0.717) is 16.7 Å². The van der Waals surface area contributed by atoms with Crippen molar-refractivity contribution >= 4 is 40.1 Å². The molecule has 2 aromatic carbocycles. The fourth-order valence-electron chi connectivity index (χ4n) is 3.88. The first-order valence-electron chi connectivity index (χ1n) is 9.62. The van der Waals surface area contributed by atoms with Crippen LogP contribution in [0.3, 0.4) is 0 Å². The third-order valence-corrected chi connectivity index (χ3v) is 6.00. The fourth-order valence-corrected chi connectivity index (χ4v) is 4.41. The number of nitrogens with zero attached hydrogens (tertiary/aromatic N) is 3. The largest absolute Gasteiger partial charge is 0.336 e. The van der Waals surface area contributed by atoms with Crippen LogP contribution >= 0.6 is 23.5 Å². The Hall–Kier alpha value is -2.44. The van der Waals surface area contributed by atoms with Crippen molar-refractivity contribution in [3.63, 3.8) is 0 Å². The Morgan fingerprint density at radius 1 is 1.14 bits per heavy atom. The lowest BCUT2D eigenvalue weighted by molar-refractivity contribution is 0.276. The molecule has 0 radical (unpaired) electrons. The number of benzene rings is 2. The Morgan fingerprint density at radius 2 is 1.93 bits per heavy atom. The first-order valence-corrected chi connectivity index (χ1v) is 11.2. The lowest BCUT2D eigenvalue weighted by Crippen LogP contribution is -2.35. The van der Waals surface area contributed by atoms with E-state index in [-0.39, 0.29) is 0 Å². The van der Waals surface area contributed by atoms with Crippen LogP contribution in [-0.2, 0) is 12.0 Å². The molecule has 0 bridgehead atoms. The minimum absolute atomic E-state index is 0.583. The molecule has 0 aliphatic rings. The van der Waals surface area contributed by atoms with Crippen LogP contribution in [-0.4, -0.2) is 21.0 Å². The SMILES string of the molecule is CCc1noc(C(CC)(c2ccc(Cl)cc2)n2ccc3c(NSC)cccc32)n1. The van der Waals surface area contributed by atoms with Gasteiger partial charge in [0.2, 0.25) is 0 Å². The average Bonchev–Trinajstić information content (AvgIpc) is 3.39. The molecule has 150 valence electrons. The van der Waals surface area contributed by atoms with Crippen LogP contribution in [0.4, 0.5) is 5.69 Å². The maximum Gasteiger partial charge on any atom is 0.257 e. The van der Waals surface area contributed by atoms with Crippen molar-refractivity contribution in [3.05, 3.63) is 77.0 Å². The molecule has 29 heavy (non-hydrogen) atoms. The molecule has 4 aromatic rings. The normalized spacial score (nSPS) is 13.5. The monoisotopic (exact) mass is 426 g/mol. The summed E-state index contributed by atoms with van der Waals surface area (Å²) in [5.74, 6) is 1.29. The molecule has 1 N–H and O–H groups in total. The smallest absolute Gasteiger partial charge is 0.257 e. The molecule has 0 saturated heterocycles. The summed E-state index contributed by atoms with van der Waals surface area (Å²) >= 11 is 7.76. The minimum Gasteiger partial charge on any atom is -0.336 e. The van der Waals surface area contributed by atoms with E-state index >= 15 is 0 Å². The van der Waals surface area contributed by atoms with Gasteiger partial charge in [-0.2, -0.15) is 4.98 Å². The summed E-state index contributed by atoms with van der Waals surface area (Å²) in [6.07, 6.45) is 5.58. The molecule has 0 spiro atoms. The van der Waals surface area contributed by atoms with E-state index in [9.17, 15) is 0 Å². The summed E-state index contributed by atoms with van der Waals surface area (Å²) in [4.78, 5) is 4.74. The zero-order chi connectivity index (χ0) is 20.4. The Morgan fingerprint density at radius 3 is 2.59 bits per heavy atom. The Kier molecular flexibility index (Phi) is 5.56. The minimum atomic E-state index is -0.634. The highest BCUT2D eigenvalue weighted by molar-refractivity contribution is 7.99. The van der Waals surface area contributed by atoms with E-state index in [4.69, 9.17) is 21.1 Å². The highest BCUT2D eigenvalue weighted by Crippen LogP contribution is 2.41. The molecule has 0 aliphatic carbocycles. The van der Waals surface area contributed by atoms with Crippen LogP contribution in [0, 0.1) is 0 Å². The maximum atomic E-state index is 6.18. The number of rotatable bonds is 7. The summed E-state index contributed by atoms with van der Waals surface area (Å²) < 4.78 is 11.4. The van der Waals surface area contributed by atoms with E-state index in [0.717, 1.165) is 35.0 Å². The number of hydrogen-bond acceptors (Lipinski definition) is 5. The van der Waals surface area contributed by atoms with Crippen LogP contribution in [0.5, 0.6) is 0 Å². The van der Waals surface area contributed by atoms with Gasteiger partial charge in [0.15, 0.2) is 5.82 Å². The van der Waals surface area contributed by atoms with Gasteiger partial charge in [0, 0.05) is 29.3 Å². The third kappa shape index (κ3) is 3.30. The number of nitrogens with one attached hydrogen (secondary N) is 1. The summed E-state index contributed by atoms with van der Waals surface area (Å²) in [6.45, 7) is 4.16. The van der Waals surface area contributed by atoms with Crippen molar-refractivity contribution in [2.75, 3.05) is 11.0 Å². The number of anilines is 1. The predicted octanol–water partition coefficient (Wildman–Crippen LogP) is 6.13. The highest BCUT2D eigenvalue weighted by atomic mass is 35.5. The topological polar surface area (TPSA) is 55.9 Å². The number of fused-ring (bicyclic) bond motifs is 1. The van der Waals surface area contributed by atoms with Gasteiger partial charge >= 0.3 is 0 Å². The lowest BCUT2D eigenvalue weighted by atomic mass is 9.86. The Bertz CT molecular complexity index is 1120. The molecule has 0 saturated carbocycles. The van der Waals surface area contributed by atoms with Gasteiger partial charge in [-0.05, 0) is 42.3 Å². The van der Waals surface area contributed by atoms with E-state index in [1.54, 1.807) is 11.9 Å². The number of hydrogen-bond donors (Lipinski definition) is 1. The zero-order valence-corrected chi connectivity index (χ0v) is 18.2. The van der Waals surface area contributed by atoms with Crippen molar-refractivity contribution in [1.29, 1.82) is 0 Å². The number of halogens is 1. The molecule has 4 rings (SSSR count). The van der Waals surface area contributed by atoms with E-state index in [2.05, 4.69) is 51.8 Å². The van der Waals surface area contributed by atoms with E-state index in [1.165, 1.54) is 0 Å². The second-order valence-corrected chi connectivity index (χ2v) is 7.87. The zero-order valence-electron chi connectivity index (χ0n) is 16.6. The first-order chi connectivity index (χ1) is 14.1. The van der Waals surface area contributed by atoms with Gasteiger partial charge in [-0.1, -0.05) is 60.8 Å². The van der Waals surface area contributed by atoms with Gasteiger partial charge in [0.1, 0.15) is 5.54 Å². The summed E-state index contributed by atoms with van der Waals surface area (Å²) in [7, 11) is 0. The summed E-state index contributed by atoms with van der Waals surface area (Å²) in [5.41, 5.74) is 2.59. The Balaban J connectivity index is 2.01. The second-order valence-electron chi connectivity index (χ2n) is 6.82. The van der Waals surface area contributed by atoms with E-state index in [1.807, 2.05) is 37.4 Å². The predicted molar refractivity (Wildman–Crippen MR) is 121 cm³/mol. The van der Waals surface area contributed by atoms with Gasteiger partial charge in [0.05, 0.1) is 11.2 Å². The molecular formula is C22H23ClN4OS. The molecular weight excluding hydrogens is 404 g/mol. The van der Waals surface area contributed by atoms with Gasteiger partial charge in [-0.15, -0.1) is 0 Å². The van der Waals surface area contributed by atoms with Crippen molar-refractivity contribution < 1.29 is 4.52 Å². The van der Waals surface area contributed by atoms with Crippen LogP contribution in [0.2, 0.25) is 5.02 Å². The first kappa shape index (κ1) is 19.9. The molecule has 1 unspecified atom stereocenters. The Labute approximate surface area is 179 Å². The van der Waals surface area contributed by atoms with Crippen LogP contribution in [0.15, 0.2) is 59.3 Å². The van der Waals surface area contributed by atoms with Crippen molar-refractivity contribution in [3.8, 4) is 0 Å². The van der Waals surface area contributed by atoms with Crippen LogP contribution in [0.1, 0.15) is 37.5 Å². The molecule has 2 heterocycles. The molecule has 0 fully saturated rings. The molecule has 7 heteroatoms. The molecule has 0 aliphatic heterocycles. The van der Waals surface area contributed by atoms with Gasteiger partial charge in [-0.25, -0.2) is 0 Å². The van der Waals surface area contributed by atoms with Crippen LogP contribution < -0.4 is 4.72 Å². The maximum absolute atomic E-state index is 6.18. The fraction of sp³-hybridized carbons (Fsp3) is 0.273. The van der Waals surface area contributed by atoms with Gasteiger partial charge < -0.3 is 13.8 Å². The number of aromatic nitrogens is 3. The van der Waals surface area contributed by atoms with Crippen molar-refractivity contribution in [2.24, 2.45) is 0 Å². The molecule has 0 amide bonds. The van der Waals surface area contributed by atoms with Crippen LogP contribution in [0.25, 0.3) is 10.9 Å². The average molecular weight is 427 g/mol. The summed E-state index contributed by atoms with van der Waals surface area (Å²) in [6, 6.07) is 16.3. The number of aryl methyl sites for hydroxylation is 1. The summed E-state index contributed by atoms with van der Waals surface area (Å²) in [5, 5.41) is 6.03. The standard InChI is InChI=1S/C22H23ClN4OS/c1-4-20-24-21(28-25-20)22(5-2,15-9-11-16(23)12-10-15)27-14-13-17-18(26-29-3)7-6-8-19(17)27/h6-14,26H,4-5H2,1-3H3. The molecule has 5 nitrogen and oxygen atoms in total. The third-order valence-electron chi connectivity index (χ3n) is 5.33. The lowest BCUT2D eigenvalue weighted by Gasteiger charge is -2.32. The second kappa shape index (κ2) is 8.13. The van der Waals surface area contributed by atoms with Crippen molar-refractivity contribution in [1.82, 2.24) is 14.7 Å². The molecule has 2 aromatic heterocycles. The van der Waals surface area contributed by atoms with E-state index < -0.39 is 5.54 Å². The van der Waals surface area contributed by atoms with Gasteiger partial charge in [0.25, 0.3) is 5.89 Å². The highest BCUT2D eigenvalue weighted by Gasteiger charge is 2.41. The quantitative estimate of drug-likeness (QED) is 0.360. The van der Waals surface area contributed by atoms with Gasteiger partial charge in [-0.3, -0.25) is 0 Å². The van der Waals surface area contributed by atoms with Crippen molar-refractivity contribution in [2.45, 2.75) is 32.2 Å².